The molecule has 0 saturated carbocycles. The average molecular weight is 232 g/mol. The molecule has 0 aliphatic rings. The van der Waals surface area contributed by atoms with Crippen molar-refractivity contribution in [2.75, 3.05) is 6.61 Å². The summed E-state index contributed by atoms with van der Waals surface area (Å²) < 4.78 is 13.4. The summed E-state index contributed by atoms with van der Waals surface area (Å²) >= 11 is 5.63. The van der Waals surface area contributed by atoms with Crippen LogP contribution in [0.4, 0.5) is 4.39 Å². The molecule has 1 rings (SSSR count). The van der Waals surface area contributed by atoms with Crippen LogP contribution in [-0.4, -0.2) is 6.61 Å². The SMILES string of the molecule is CC(C)CONCc1cccc(Cl)c1F. The van der Waals surface area contributed by atoms with Crippen LogP contribution in [0.1, 0.15) is 19.4 Å². The van der Waals surface area contributed by atoms with Crippen LogP contribution in [0.5, 0.6) is 0 Å². The lowest BCUT2D eigenvalue weighted by atomic mass is 10.2. The number of nitrogens with one attached hydrogen (secondary N) is 1. The average Bonchev–Trinajstić information content (AvgIpc) is 2.18. The zero-order chi connectivity index (χ0) is 11.3. The maximum Gasteiger partial charge on any atom is 0.146 e. The normalized spacial score (nSPS) is 11.0. The largest absolute Gasteiger partial charge is 0.301 e. The Morgan fingerprint density at radius 2 is 2.20 bits per heavy atom. The number of rotatable bonds is 5. The number of halogens is 2. The Hall–Kier alpha value is -0.640. The lowest BCUT2D eigenvalue weighted by Gasteiger charge is -2.08. The van der Waals surface area contributed by atoms with Gasteiger partial charge in [-0.3, -0.25) is 0 Å². The molecular weight excluding hydrogens is 217 g/mol. The lowest BCUT2D eigenvalue weighted by Crippen LogP contribution is -2.18. The summed E-state index contributed by atoms with van der Waals surface area (Å²) in [5, 5.41) is 0.137. The van der Waals surface area contributed by atoms with Gasteiger partial charge < -0.3 is 4.84 Å². The quantitative estimate of drug-likeness (QED) is 0.621. The summed E-state index contributed by atoms with van der Waals surface area (Å²) in [6, 6.07) is 4.91. The van der Waals surface area contributed by atoms with Gasteiger partial charge in [0.15, 0.2) is 0 Å². The van der Waals surface area contributed by atoms with E-state index in [1.54, 1.807) is 12.1 Å². The summed E-state index contributed by atoms with van der Waals surface area (Å²) in [6.07, 6.45) is 0. The molecule has 84 valence electrons. The van der Waals surface area contributed by atoms with Crippen LogP contribution in [-0.2, 0) is 11.4 Å². The van der Waals surface area contributed by atoms with Crippen LogP contribution < -0.4 is 5.48 Å². The fraction of sp³-hybridized carbons (Fsp3) is 0.455. The molecule has 0 bridgehead atoms. The van der Waals surface area contributed by atoms with E-state index in [9.17, 15) is 4.39 Å². The van der Waals surface area contributed by atoms with Gasteiger partial charge in [-0.2, -0.15) is 5.48 Å². The van der Waals surface area contributed by atoms with Crippen molar-refractivity contribution in [2.45, 2.75) is 20.4 Å². The lowest BCUT2D eigenvalue weighted by molar-refractivity contribution is 0.0191. The minimum absolute atomic E-state index is 0.137. The van der Waals surface area contributed by atoms with Gasteiger partial charge in [0.2, 0.25) is 0 Å². The van der Waals surface area contributed by atoms with E-state index in [2.05, 4.69) is 5.48 Å². The molecule has 0 aromatic heterocycles. The topological polar surface area (TPSA) is 21.3 Å². The Labute approximate surface area is 94.3 Å². The van der Waals surface area contributed by atoms with Crippen LogP contribution in [0.25, 0.3) is 0 Å². The first-order valence-corrected chi connectivity index (χ1v) is 5.26. The molecule has 15 heavy (non-hydrogen) atoms. The summed E-state index contributed by atoms with van der Waals surface area (Å²) in [5.74, 6) is 0.0570. The Morgan fingerprint density at radius 1 is 1.47 bits per heavy atom. The molecule has 0 spiro atoms. The van der Waals surface area contributed by atoms with E-state index >= 15 is 0 Å². The van der Waals surface area contributed by atoms with E-state index in [0.717, 1.165) is 0 Å². The van der Waals surface area contributed by atoms with Crippen molar-refractivity contribution < 1.29 is 9.23 Å². The van der Waals surface area contributed by atoms with Crippen molar-refractivity contribution in [3.05, 3.63) is 34.6 Å². The zero-order valence-corrected chi connectivity index (χ0v) is 9.64. The highest BCUT2D eigenvalue weighted by Crippen LogP contribution is 2.17. The maximum absolute atomic E-state index is 13.4. The predicted octanol–water partition coefficient (Wildman–Crippen LogP) is 3.16. The Kier molecular flexibility index (Phi) is 5.02. The van der Waals surface area contributed by atoms with Gasteiger partial charge in [0.25, 0.3) is 0 Å². The Morgan fingerprint density at radius 3 is 2.87 bits per heavy atom. The van der Waals surface area contributed by atoms with Gasteiger partial charge in [0, 0.05) is 12.1 Å². The molecule has 0 amide bonds. The Bertz CT molecular complexity index is 317. The van der Waals surface area contributed by atoms with Gasteiger partial charge in [0.05, 0.1) is 11.6 Å². The summed E-state index contributed by atoms with van der Waals surface area (Å²) in [7, 11) is 0. The second-order valence-electron chi connectivity index (χ2n) is 3.74. The molecule has 0 radical (unpaired) electrons. The highest BCUT2D eigenvalue weighted by atomic mass is 35.5. The third-order valence-electron chi connectivity index (χ3n) is 1.81. The monoisotopic (exact) mass is 231 g/mol. The molecule has 1 aromatic carbocycles. The van der Waals surface area contributed by atoms with Crippen molar-refractivity contribution in [3.8, 4) is 0 Å². The van der Waals surface area contributed by atoms with Crippen LogP contribution in [0.3, 0.4) is 0 Å². The highest BCUT2D eigenvalue weighted by Gasteiger charge is 2.05. The molecule has 1 N–H and O–H groups in total. The zero-order valence-electron chi connectivity index (χ0n) is 8.89. The fourth-order valence-corrected chi connectivity index (χ4v) is 1.23. The molecule has 0 fully saturated rings. The third kappa shape index (κ3) is 4.16. The van der Waals surface area contributed by atoms with Gasteiger partial charge in [-0.05, 0) is 12.0 Å². The van der Waals surface area contributed by atoms with Crippen molar-refractivity contribution in [1.29, 1.82) is 0 Å². The van der Waals surface area contributed by atoms with Crippen molar-refractivity contribution in [3.63, 3.8) is 0 Å². The summed E-state index contributed by atoms with van der Waals surface area (Å²) in [4.78, 5) is 5.13. The van der Waals surface area contributed by atoms with Crippen molar-refractivity contribution in [2.24, 2.45) is 5.92 Å². The molecule has 0 heterocycles. The predicted molar refractivity (Wildman–Crippen MR) is 59.0 cm³/mol. The number of benzene rings is 1. The number of hydroxylamine groups is 1. The van der Waals surface area contributed by atoms with Gasteiger partial charge in [-0.1, -0.05) is 37.6 Å². The Balaban J connectivity index is 2.41. The van der Waals surface area contributed by atoms with Crippen LogP contribution >= 0.6 is 11.6 Å². The molecule has 0 atom stereocenters. The van der Waals surface area contributed by atoms with E-state index in [-0.39, 0.29) is 10.8 Å². The van der Waals surface area contributed by atoms with Gasteiger partial charge >= 0.3 is 0 Å². The van der Waals surface area contributed by atoms with E-state index in [1.807, 2.05) is 13.8 Å². The first kappa shape index (κ1) is 12.4. The fourth-order valence-electron chi connectivity index (χ4n) is 1.04. The highest BCUT2D eigenvalue weighted by molar-refractivity contribution is 6.30. The van der Waals surface area contributed by atoms with Crippen molar-refractivity contribution >= 4 is 11.6 Å². The minimum Gasteiger partial charge on any atom is -0.301 e. The van der Waals surface area contributed by atoms with E-state index < -0.39 is 0 Å². The van der Waals surface area contributed by atoms with Crippen LogP contribution in [0.2, 0.25) is 5.02 Å². The van der Waals surface area contributed by atoms with E-state index in [0.29, 0.717) is 24.6 Å². The minimum atomic E-state index is -0.389. The standard InChI is InChI=1S/C11H15ClFNO/c1-8(2)7-15-14-6-9-4-3-5-10(12)11(9)13/h3-5,8,14H,6-7H2,1-2H3. The molecule has 1 aromatic rings. The molecule has 0 aliphatic heterocycles. The van der Waals surface area contributed by atoms with Gasteiger partial charge in [0.1, 0.15) is 5.82 Å². The second-order valence-corrected chi connectivity index (χ2v) is 4.15. The number of hydrogen-bond acceptors (Lipinski definition) is 2. The van der Waals surface area contributed by atoms with Gasteiger partial charge in [-0.25, -0.2) is 4.39 Å². The maximum atomic E-state index is 13.4. The number of hydrogen-bond donors (Lipinski definition) is 1. The summed E-state index contributed by atoms with van der Waals surface area (Å²) in [6.45, 7) is 5.00. The molecule has 0 unspecified atom stereocenters. The van der Waals surface area contributed by atoms with Gasteiger partial charge in [-0.15, -0.1) is 0 Å². The molecule has 0 saturated heterocycles. The first-order chi connectivity index (χ1) is 7.11. The smallest absolute Gasteiger partial charge is 0.146 e. The molecule has 4 heteroatoms. The van der Waals surface area contributed by atoms with Crippen LogP contribution in [0.15, 0.2) is 18.2 Å². The summed E-state index contributed by atoms with van der Waals surface area (Å²) in [5.41, 5.74) is 3.21. The van der Waals surface area contributed by atoms with Crippen molar-refractivity contribution in [1.82, 2.24) is 5.48 Å². The molecule has 2 nitrogen and oxygen atoms in total. The van der Waals surface area contributed by atoms with E-state index in [4.69, 9.17) is 16.4 Å². The first-order valence-electron chi connectivity index (χ1n) is 4.88. The third-order valence-corrected chi connectivity index (χ3v) is 2.10. The second kappa shape index (κ2) is 6.05. The van der Waals surface area contributed by atoms with Crippen LogP contribution in [0, 0.1) is 11.7 Å². The molecule has 0 aliphatic carbocycles. The molecular formula is C11H15ClFNO. The van der Waals surface area contributed by atoms with E-state index in [1.165, 1.54) is 6.07 Å².